The number of nitrogens with one attached hydrogen (secondary N) is 3. The Kier molecular flexibility index (Phi) is 6.28. The van der Waals surface area contributed by atoms with E-state index in [0.29, 0.717) is 11.3 Å². The van der Waals surface area contributed by atoms with Crippen molar-refractivity contribution in [1.82, 2.24) is 35.4 Å². The van der Waals surface area contributed by atoms with Crippen LogP contribution in [-0.4, -0.2) is 47.7 Å². The lowest BCUT2D eigenvalue weighted by Gasteiger charge is -2.19. The van der Waals surface area contributed by atoms with Crippen LogP contribution in [0.25, 0.3) is 23.0 Å². The van der Waals surface area contributed by atoms with Crippen molar-refractivity contribution in [2.75, 3.05) is 17.2 Å². The molecule has 0 saturated carbocycles. The van der Waals surface area contributed by atoms with Crippen LogP contribution in [0.1, 0.15) is 27.7 Å². The van der Waals surface area contributed by atoms with Gasteiger partial charge in [-0.1, -0.05) is 41.6 Å². The maximum absolute atomic E-state index is 14.2. The summed E-state index contributed by atoms with van der Waals surface area (Å²) in [5.41, 5.74) is 0.676. The van der Waals surface area contributed by atoms with E-state index in [2.05, 4.69) is 40.7 Å². The minimum absolute atomic E-state index is 0.00600. The molecule has 0 saturated heterocycles. The summed E-state index contributed by atoms with van der Waals surface area (Å²) in [5.74, 6) is -0.387. The quantitative estimate of drug-likeness (QED) is 0.211. The van der Waals surface area contributed by atoms with Crippen molar-refractivity contribution in [3.05, 3.63) is 89.9 Å². The largest absolute Gasteiger partial charge is 0.394 e. The minimum atomic E-state index is -3.60. The number of anilines is 3. The molecule has 1 atom stereocenters. The van der Waals surface area contributed by atoms with Crippen LogP contribution in [0.2, 0.25) is 0 Å². The van der Waals surface area contributed by atoms with Crippen molar-refractivity contribution in [3.63, 3.8) is 0 Å². The molecule has 40 heavy (non-hydrogen) atoms. The first-order valence-corrected chi connectivity index (χ1v) is 11.9. The number of alkyl halides is 2. The third-order valence-electron chi connectivity index (χ3n) is 5.98. The predicted octanol–water partition coefficient (Wildman–Crippen LogP) is 3.67. The number of halogens is 2. The summed E-state index contributed by atoms with van der Waals surface area (Å²) in [6.45, 7) is -0.276. The molecule has 0 bridgehead atoms. The highest BCUT2D eigenvalue weighted by atomic mass is 19.3. The number of aliphatic hydroxyl groups excluding tert-OH is 1. The molecule has 0 spiro atoms. The van der Waals surface area contributed by atoms with E-state index in [9.17, 15) is 18.7 Å². The normalized spacial score (nSPS) is 14.3. The average Bonchev–Trinajstić information content (AvgIpc) is 3.55. The molecule has 12 nitrogen and oxygen atoms in total. The van der Waals surface area contributed by atoms with Gasteiger partial charge in [0.2, 0.25) is 11.8 Å². The molecule has 5 heterocycles. The third kappa shape index (κ3) is 4.78. The highest BCUT2D eigenvalue weighted by Gasteiger charge is 2.45. The molecular formula is C26H19F2N9O3. The Morgan fingerprint density at radius 2 is 1.80 bits per heavy atom. The molecular weight excluding hydrogens is 524 g/mol. The maximum Gasteiger partial charge on any atom is 0.370 e. The number of hydrogen-bond donors (Lipinski definition) is 4. The predicted molar refractivity (Wildman–Crippen MR) is 137 cm³/mol. The van der Waals surface area contributed by atoms with E-state index in [1.807, 2.05) is 30.3 Å². The first-order valence-electron chi connectivity index (χ1n) is 11.9. The number of amides is 1. The number of fused-ring (bicyclic) bond motifs is 1. The molecule has 200 valence electrons. The number of benzene rings is 1. The first-order chi connectivity index (χ1) is 19.4. The van der Waals surface area contributed by atoms with E-state index in [1.165, 1.54) is 18.3 Å². The van der Waals surface area contributed by atoms with Crippen LogP contribution >= 0.6 is 0 Å². The second-order valence-corrected chi connectivity index (χ2v) is 8.63. The molecule has 6 rings (SSSR count). The molecule has 14 heteroatoms. The standard InChI is InChI=1S/C26H19F2N9O3/c27-26(28)20-15(23(39)36-26)9-10-19(32-20)33-25-30-12-16(24-34-22(37-40-24)17-8-4-5-11-29-17)21(35-25)31-18(13-38)14-6-2-1-3-7-14/h1-12,18,38H,13H2,(H,36,39)(H2,30,31,32,33,35)/t18-/m1/s1. The van der Waals surface area contributed by atoms with E-state index in [4.69, 9.17) is 4.52 Å². The Balaban J connectivity index is 1.36. The van der Waals surface area contributed by atoms with Crippen molar-refractivity contribution < 1.29 is 23.2 Å². The number of rotatable bonds is 8. The fourth-order valence-corrected chi connectivity index (χ4v) is 4.06. The molecule has 1 aromatic carbocycles. The highest BCUT2D eigenvalue weighted by Crippen LogP contribution is 2.34. The second kappa shape index (κ2) is 10.1. The SMILES string of the molecule is O=C1NC(F)(F)c2nc(Nc3ncc(-c4nc(-c5ccccn5)no4)c(N[C@H](CO)c4ccccc4)n3)ccc21. The van der Waals surface area contributed by atoms with Gasteiger partial charge in [-0.05, 0) is 29.8 Å². The molecule has 5 aromatic rings. The zero-order valence-corrected chi connectivity index (χ0v) is 20.4. The van der Waals surface area contributed by atoms with Crippen LogP contribution in [-0.2, 0) is 6.05 Å². The van der Waals surface area contributed by atoms with Crippen molar-refractivity contribution >= 4 is 23.5 Å². The molecule has 1 aliphatic heterocycles. The number of carbonyl (C=O) groups excluding carboxylic acids is 1. The topological polar surface area (TPSA) is 164 Å². The lowest BCUT2D eigenvalue weighted by atomic mass is 10.1. The lowest BCUT2D eigenvalue weighted by Crippen LogP contribution is -2.30. The van der Waals surface area contributed by atoms with Gasteiger partial charge >= 0.3 is 6.05 Å². The second-order valence-electron chi connectivity index (χ2n) is 8.63. The molecule has 0 unspecified atom stereocenters. The summed E-state index contributed by atoms with van der Waals surface area (Å²) in [5, 5.41) is 21.7. The molecule has 1 aliphatic rings. The first kappa shape index (κ1) is 24.9. The van der Waals surface area contributed by atoms with Gasteiger partial charge < -0.3 is 20.3 Å². The monoisotopic (exact) mass is 543 g/mol. The van der Waals surface area contributed by atoms with Crippen LogP contribution < -0.4 is 16.0 Å². The van der Waals surface area contributed by atoms with Crippen LogP contribution in [0, 0.1) is 0 Å². The fraction of sp³-hybridized carbons (Fsp3) is 0.115. The molecule has 0 radical (unpaired) electrons. The van der Waals surface area contributed by atoms with E-state index < -0.39 is 23.7 Å². The number of aliphatic hydroxyl groups is 1. The van der Waals surface area contributed by atoms with Gasteiger partial charge in [-0.3, -0.25) is 15.1 Å². The van der Waals surface area contributed by atoms with Crippen LogP contribution in [0.5, 0.6) is 0 Å². The summed E-state index contributed by atoms with van der Waals surface area (Å²) in [6, 6.07) is 12.9. The van der Waals surface area contributed by atoms with Gasteiger partial charge in [0.25, 0.3) is 11.8 Å². The number of hydrogen-bond acceptors (Lipinski definition) is 11. The fourth-order valence-electron chi connectivity index (χ4n) is 4.06. The van der Waals surface area contributed by atoms with Crippen LogP contribution in [0.3, 0.4) is 0 Å². The van der Waals surface area contributed by atoms with Crippen molar-refractivity contribution in [2.24, 2.45) is 0 Å². The summed E-state index contributed by atoms with van der Waals surface area (Å²) in [6.07, 6.45) is 3.00. The van der Waals surface area contributed by atoms with Gasteiger partial charge in [-0.15, -0.1) is 0 Å². The highest BCUT2D eigenvalue weighted by molar-refractivity contribution is 5.99. The minimum Gasteiger partial charge on any atom is -0.394 e. The Hall–Kier alpha value is -5.37. The van der Waals surface area contributed by atoms with E-state index in [0.717, 1.165) is 5.56 Å². The van der Waals surface area contributed by atoms with Gasteiger partial charge in [-0.2, -0.15) is 18.7 Å². The van der Waals surface area contributed by atoms with Gasteiger partial charge in [0.05, 0.1) is 18.2 Å². The van der Waals surface area contributed by atoms with Crippen molar-refractivity contribution in [1.29, 1.82) is 0 Å². The molecule has 0 aliphatic carbocycles. The van der Waals surface area contributed by atoms with Crippen molar-refractivity contribution in [2.45, 2.75) is 12.1 Å². The third-order valence-corrected chi connectivity index (χ3v) is 5.98. The Morgan fingerprint density at radius 3 is 2.58 bits per heavy atom. The number of pyridine rings is 2. The molecule has 0 fully saturated rings. The molecule has 4 aromatic heterocycles. The molecule has 1 amide bonds. The maximum atomic E-state index is 14.2. The Labute approximate surface area is 224 Å². The summed E-state index contributed by atoms with van der Waals surface area (Å²) >= 11 is 0. The van der Waals surface area contributed by atoms with Gasteiger partial charge in [0.15, 0.2) is 0 Å². The molecule has 4 N–H and O–H groups in total. The Bertz CT molecular complexity index is 1680. The number of aromatic nitrogens is 6. The van der Waals surface area contributed by atoms with Gasteiger partial charge in [0.1, 0.15) is 28.6 Å². The van der Waals surface area contributed by atoms with Crippen molar-refractivity contribution in [3.8, 4) is 23.0 Å². The zero-order chi connectivity index (χ0) is 27.7. The summed E-state index contributed by atoms with van der Waals surface area (Å²) < 4.78 is 33.8. The van der Waals surface area contributed by atoms with E-state index in [1.54, 1.807) is 29.7 Å². The number of nitrogens with zero attached hydrogens (tertiary/aromatic N) is 6. The van der Waals surface area contributed by atoms with Gasteiger partial charge in [-0.25, -0.2) is 9.97 Å². The van der Waals surface area contributed by atoms with Crippen LogP contribution in [0.4, 0.5) is 26.4 Å². The summed E-state index contributed by atoms with van der Waals surface area (Å²) in [4.78, 5) is 33.1. The summed E-state index contributed by atoms with van der Waals surface area (Å²) in [7, 11) is 0. The zero-order valence-electron chi connectivity index (χ0n) is 20.4. The van der Waals surface area contributed by atoms with Gasteiger partial charge in [0, 0.05) is 12.4 Å². The lowest BCUT2D eigenvalue weighted by molar-refractivity contribution is -0.0278. The van der Waals surface area contributed by atoms with Crippen LogP contribution in [0.15, 0.2) is 77.6 Å². The average molecular weight is 543 g/mol. The smallest absolute Gasteiger partial charge is 0.370 e. The van der Waals surface area contributed by atoms with E-state index >= 15 is 0 Å². The Morgan fingerprint density at radius 1 is 0.975 bits per heavy atom. The van der Waals surface area contributed by atoms with E-state index in [-0.39, 0.29) is 41.5 Å². The number of carbonyl (C=O) groups is 1.